The summed E-state index contributed by atoms with van der Waals surface area (Å²) in [5.41, 5.74) is 3.73. The van der Waals surface area contributed by atoms with Gasteiger partial charge in [0.1, 0.15) is 5.75 Å². The van der Waals surface area contributed by atoms with E-state index in [1.165, 1.54) is 0 Å². The van der Waals surface area contributed by atoms with Gasteiger partial charge >= 0.3 is 0 Å². The first-order valence-corrected chi connectivity index (χ1v) is 11.2. The van der Waals surface area contributed by atoms with E-state index in [0.717, 1.165) is 35.9 Å². The summed E-state index contributed by atoms with van der Waals surface area (Å²) in [5.74, 6) is 0.928. The molecule has 2 heterocycles. The molecular weight excluding hydrogens is 416 g/mol. The number of methoxy groups -OCH3 is 1. The molecule has 4 aromatic rings. The second kappa shape index (κ2) is 9.03. The van der Waals surface area contributed by atoms with Crippen molar-refractivity contribution in [1.29, 1.82) is 0 Å². The van der Waals surface area contributed by atoms with Gasteiger partial charge in [-0.15, -0.1) is 0 Å². The maximum Gasteiger partial charge on any atom is 0.258 e. The molecule has 0 unspecified atom stereocenters. The molecule has 7 nitrogen and oxygen atoms in total. The normalized spacial score (nSPS) is 18.2. The summed E-state index contributed by atoms with van der Waals surface area (Å²) in [7, 11) is 1.61. The summed E-state index contributed by atoms with van der Waals surface area (Å²) in [6.07, 6.45) is 4.63. The van der Waals surface area contributed by atoms with Crippen LogP contribution in [0.3, 0.4) is 0 Å². The number of para-hydroxylation sites is 3. The van der Waals surface area contributed by atoms with E-state index in [-0.39, 0.29) is 18.1 Å². The van der Waals surface area contributed by atoms with Gasteiger partial charge in [-0.1, -0.05) is 24.3 Å². The zero-order valence-corrected chi connectivity index (χ0v) is 18.4. The van der Waals surface area contributed by atoms with Gasteiger partial charge in [-0.25, -0.2) is 4.98 Å². The molecule has 1 amide bonds. The lowest BCUT2D eigenvalue weighted by atomic mass is 9.92. The Morgan fingerprint density at radius 1 is 1.12 bits per heavy atom. The first-order valence-electron chi connectivity index (χ1n) is 11.2. The van der Waals surface area contributed by atoms with Crippen molar-refractivity contribution in [3.8, 4) is 17.0 Å². The molecule has 1 fully saturated rings. The van der Waals surface area contributed by atoms with Gasteiger partial charge in [-0.2, -0.15) is 0 Å². The molecule has 1 saturated carbocycles. The minimum atomic E-state index is -0.336. The number of hydrogen-bond acceptors (Lipinski definition) is 5. The highest BCUT2D eigenvalue weighted by atomic mass is 16.5. The lowest BCUT2D eigenvalue weighted by Crippen LogP contribution is -2.25. The standard InChI is InChI=1S/C26H26N4O3/c1-33-24-12-5-2-9-20(24)22-15-17(13-14-27-22)25(32)29-26-28-21-10-3-4-11-23(21)30(26)18-7-6-8-19(31)16-18/h2-5,9-15,18-19,31H,6-8,16H2,1H3,(H,28,29,32)/t18-,19+/m1/s1. The number of fused-ring (bicyclic) bond motifs is 1. The Bertz CT molecular complexity index is 1300. The molecule has 0 bridgehead atoms. The number of imidazole rings is 1. The van der Waals surface area contributed by atoms with E-state index >= 15 is 0 Å². The molecule has 0 spiro atoms. The molecule has 2 aromatic heterocycles. The van der Waals surface area contributed by atoms with Crippen LogP contribution in [0.25, 0.3) is 22.3 Å². The zero-order chi connectivity index (χ0) is 22.8. The van der Waals surface area contributed by atoms with Crippen LogP contribution in [0.1, 0.15) is 42.1 Å². The Hall–Kier alpha value is -3.71. The van der Waals surface area contributed by atoms with Crippen LogP contribution in [0, 0.1) is 0 Å². The highest BCUT2D eigenvalue weighted by molar-refractivity contribution is 6.04. The maximum absolute atomic E-state index is 13.3. The largest absolute Gasteiger partial charge is 0.496 e. The summed E-state index contributed by atoms with van der Waals surface area (Å²) in [4.78, 5) is 22.4. The Kier molecular flexibility index (Phi) is 5.79. The van der Waals surface area contributed by atoms with Crippen LogP contribution >= 0.6 is 0 Å². The smallest absolute Gasteiger partial charge is 0.258 e. The average molecular weight is 443 g/mol. The van der Waals surface area contributed by atoms with Crippen LogP contribution in [-0.2, 0) is 0 Å². The molecule has 0 radical (unpaired) electrons. The number of rotatable bonds is 5. The molecule has 1 aliphatic carbocycles. The van der Waals surface area contributed by atoms with Crippen LogP contribution in [0.15, 0.2) is 66.9 Å². The molecule has 2 N–H and O–H groups in total. The summed E-state index contributed by atoms with van der Waals surface area (Å²) in [6.45, 7) is 0. The Labute approximate surface area is 192 Å². The minimum absolute atomic E-state index is 0.0815. The third-order valence-electron chi connectivity index (χ3n) is 6.21. The predicted octanol–water partition coefficient (Wildman–Crippen LogP) is 4.84. The van der Waals surface area contributed by atoms with Crippen molar-refractivity contribution in [3.05, 3.63) is 72.4 Å². The number of pyridine rings is 1. The van der Waals surface area contributed by atoms with E-state index in [9.17, 15) is 9.90 Å². The maximum atomic E-state index is 13.3. The molecule has 2 atom stereocenters. The second-order valence-corrected chi connectivity index (χ2v) is 8.35. The van der Waals surface area contributed by atoms with Crippen LogP contribution in [-0.4, -0.2) is 38.8 Å². The number of nitrogens with one attached hydrogen (secondary N) is 1. The van der Waals surface area contributed by atoms with Crippen LogP contribution in [0.5, 0.6) is 5.75 Å². The van der Waals surface area contributed by atoms with E-state index in [1.807, 2.05) is 48.5 Å². The lowest BCUT2D eigenvalue weighted by Gasteiger charge is -2.28. The minimum Gasteiger partial charge on any atom is -0.496 e. The second-order valence-electron chi connectivity index (χ2n) is 8.35. The van der Waals surface area contributed by atoms with Crippen molar-refractivity contribution in [3.63, 3.8) is 0 Å². The zero-order valence-electron chi connectivity index (χ0n) is 18.4. The third kappa shape index (κ3) is 4.19. The van der Waals surface area contributed by atoms with E-state index in [0.29, 0.717) is 29.4 Å². The average Bonchev–Trinajstić information content (AvgIpc) is 3.21. The molecule has 2 aromatic carbocycles. The van der Waals surface area contributed by atoms with Gasteiger partial charge < -0.3 is 14.4 Å². The van der Waals surface area contributed by atoms with Gasteiger partial charge in [0.05, 0.1) is 29.9 Å². The van der Waals surface area contributed by atoms with Crippen molar-refractivity contribution >= 4 is 22.9 Å². The number of benzene rings is 2. The summed E-state index contributed by atoms with van der Waals surface area (Å²) < 4.78 is 7.51. The Morgan fingerprint density at radius 3 is 2.79 bits per heavy atom. The SMILES string of the molecule is COc1ccccc1-c1cc(C(=O)Nc2nc3ccccc3n2[C@@H]2CCC[C@H](O)C2)ccn1. The topological polar surface area (TPSA) is 89.3 Å². The number of carbonyl (C=O) groups excluding carboxylic acids is 1. The molecule has 0 aliphatic heterocycles. The van der Waals surface area contributed by atoms with Gasteiger partial charge in [-0.05, 0) is 62.1 Å². The number of amides is 1. The van der Waals surface area contributed by atoms with E-state index in [4.69, 9.17) is 9.72 Å². The first kappa shape index (κ1) is 21.2. The number of aliphatic hydroxyl groups excluding tert-OH is 1. The fourth-order valence-corrected chi connectivity index (χ4v) is 4.62. The van der Waals surface area contributed by atoms with Gasteiger partial charge in [0.15, 0.2) is 0 Å². The predicted molar refractivity (Wildman–Crippen MR) is 127 cm³/mol. The van der Waals surface area contributed by atoms with E-state index < -0.39 is 0 Å². The van der Waals surface area contributed by atoms with Gasteiger partial charge in [0.2, 0.25) is 5.95 Å². The van der Waals surface area contributed by atoms with Crippen LogP contribution in [0.2, 0.25) is 0 Å². The fourth-order valence-electron chi connectivity index (χ4n) is 4.62. The molecule has 33 heavy (non-hydrogen) atoms. The number of aliphatic hydroxyl groups is 1. The third-order valence-corrected chi connectivity index (χ3v) is 6.21. The molecule has 5 rings (SSSR count). The van der Waals surface area contributed by atoms with Gasteiger partial charge in [-0.3, -0.25) is 15.1 Å². The number of anilines is 1. The fraction of sp³-hybridized carbons (Fsp3) is 0.269. The van der Waals surface area contributed by atoms with Crippen molar-refractivity contribution in [1.82, 2.24) is 14.5 Å². The van der Waals surface area contributed by atoms with E-state index in [1.54, 1.807) is 25.4 Å². The van der Waals surface area contributed by atoms with Crippen LogP contribution in [0.4, 0.5) is 5.95 Å². The highest BCUT2D eigenvalue weighted by Gasteiger charge is 2.26. The highest BCUT2D eigenvalue weighted by Crippen LogP contribution is 2.35. The quantitative estimate of drug-likeness (QED) is 0.462. The lowest BCUT2D eigenvalue weighted by molar-refractivity contribution is 0.101. The molecular formula is C26H26N4O3. The van der Waals surface area contributed by atoms with Crippen molar-refractivity contribution in [2.24, 2.45) is 0 Å². The summed E-state index contributed by atoms with van der Waals surface area (Å²) >= 11 is 0. The monoisotopic (exact) mass is 442 g/mol. The van der Waals surface area contributed by atoms with Crippen molar-refractivity contribution in [2.45, 2.75) is 37.8 Å². The Balaban J connectivity index is 1.48. The van der Waals surface area contributed by atoms with Crippen LogP contribution < -0.4 is 10.1 Å². The van der Waals surface area contributed by atoms with Gasteiger partial charge in [0.25, 0.3) is 5.91 Å². The number of aromatic nitrogens is 3. The molecule has 7 heteroatoms. The van der Waals surface area contributed by atoms with Gasteiger partial charge in [0, 0.05) is 23.4 Å². The molecule has 1 aliphatic rings. The van der Waals surface area contributed by atoms with E-state index in [2.05, 4.69) is 14.9 Å². The summed E-state index contributed by atoms with van der Waals surface area (Å²) in [6, 6.07) is 18.9. The number of carbonyl (C=O) groups is 1. The first-order chi connectivity index (χ1) is 16.1. The number of ether oxygens (including phenoxy) is 1. The summed E-state index contributed by atoms with van der Waals surface area (Å²) in [5, 5.41) is 13.3. The molecule has 0 saturated heterocycles. The van der Waals surface area contributed by atoms with Crippen molar-refractivity contribution < 1.29 is 14.6 Å². The van der Waals surface area contributed by atoms with Crippen molar-refractivity contribution in [2.75, 3.05) is 12.4 Å². The molecule has 168 valence electrons. The Morgan fingerprint density at radius 2 is 1.94 bits per heavy atom. The number of nitrogens with zero attached hydrogens (tertiary/aromatic N) is 3. The number of hydrogen-bond donors (Lipinski definition) is 2.